The molecule has 0 unspecified atom stereocenters. The Hall–Kier alpha value is -4.04. The van der Waals surface area contributed by atoms with Crippen LogP contribution in [0.1, 0.15) is 0 Å². The molecule has 2 heteroatoms. The molecule has 0 spiro atoms. The number of aromatic hydroxyl groups is 1. The Morgan fingerprint density at radius 1 is 0.467 bits per heavy atom. The first-order valence-electron chi connectivity index (χ1n) is 10.0. The standard InChI is InChI=1S/C28H18O2/c29-27-24-15-7-4-12-21(24)22-13-5-8-16-25(22)28(27)30-26-17-18-9-1-2-10-19(18)20-11-3-6-14-23(20)26/h1-17,29H. The van der Waals surface area contributed by atoms with Crippen molar-refractivity contribution in [3.8, 4) is 17.2 Å². The second-order valence-corrected chi connectivity index (χ2v) is 7.51. The largest absolute Gasteiger partial charge is 0.504 e. The fraction of sp³-hybridized carbons (Fsp3) is 0. The summed E-state index contributed by atoms with van der Waals surface area (Å²) in [5.41, 5.74) is 0. The van der Waals surface area contributed by atoms with Crippen LogP contribution in [0.5, 0.6) is 17.2 Å². The van der Waals surface area contributed by atoms with Crippen LogP contribution in [0.3, 0.4) is 0 Å². The van der Waals surface area contributed by atoms with Crippen LogP contribution < -0.4 is 4.74 Å². The molecule has 0 amide bonds. The molecule has 6 aromatic carbocycles. The maximum atomic E-state index is 11.2. The van der Waals surface area contributed by atoms with E-state index in [-0.39, 0.29) is 5.75 Å². The summed E-state index contributed by atoms with van der Waals surface area (Å²) in [6.45, 7) is 0. The van der Waals surface area contributed by atoms with Gasteiger partial charge in [0.25, 0.3) is 0 Å². The van der Waals surface area contributed by atoms with Gasteiger partial charge >= 0.3 is 0 Å². The minimum absolute atomic E-state index is 0.168. The summed E-state index contributed by atoms with van der Waals surface area (Å²) in [7, 11) is 0. The maximum Gasteiger partial charge on any atom is 0.177 e. The Morgan fingerprint density at radius 3 is 1.63 bits per heavy atom. The van der Waals surface area contributed by atoms with Crippen LogP contribution in [0.4, 0.5) is 0 Å². The monoisotopic (exact) mass is 386 g/mol. The SMILES string of the molecule is Oc1c(Oc2cc3ccccc3c3ccccc23)c2ccccc2c2ccccc12. The molecule has 0 fully saturated rings. The van der Waals surface area contributed by atoms with Gasteiger partial charge in [0.05, 0.1) is 0 Å². The summed E-state index contributed by atoms with van der Waals surface area (Å²) in [5.74, 6) is 1.39. The van der Waals surface area contributed by atoms with Gasteiger partial charge in [0.1, 0.15) is 5.75 Å². The van der Waals surface area contributed by atoms with E-state index >= 15 is 0 Å². The Bertz CT molecular complexity index is 1580. The molecular formula is C28H18O2. The van der Waals surface area contributed by atoms with Crippen LogP contribution in [0.2, 0.25) is 0 Å². The highest BCUT2D eigenvalue weighted by atomic mass is 16.5. The van der Waals surface area contributed by atoms with E-state index in [1.165, 1.54) is 5.39 Å². The number of ether oxygens (including phenoxy) is 1. The van der Waals surface area contributed by atoms with Gasteiger partial charge in [0.2, 0.25) is 0 Å². The fourth-order valence-electron chi connectivity index (χ4n) is 4.41. The first kappa shape index (κ1) is 16.9. The summed E-state index contributed by atoms with van der Waals surface area (Å²) >= 11 is 0. The van der Waals surface area contributed by atoms with E-state index < -0.39 is 0 Å². The third kappa shape index (κ3) is 2.44. The molecule has 1 N–H and O–H groups in total. The number of phenolic OH excluding ortho intramolecular Hbond substituents is 1. The minimum Gasteiger partial charge on any atom is -0.504 e. The van der Waals surface area contributed by atoms with E-state index in [9.17, 15) is 5.11 Å². The van der Waals surface area contributed by atoms with E-state index in [2.05, 4.69) is 42.5 Å². The van der Waals surface area contributed by atoms with Gasteiger partial charge in [0.15, 0.2) is 11.5 Å². The van der Waals surface area contributed by atoms with Gasteiger partial charge in [0, 0.05) is 16.2 Å². The second kappa shape index (κ2) is 6.50. The second-order valence-electron chi connectivity index (χ2n) is 7.51. The van der Waals surface area contributed by atoms with Crippen molar-refractivity contribution >= 4 is 43.1 Å². The number of hydrogen-bond acceptors (Lipinski definition) is 2. The third-order valence-corrected chi connectivity index (χ3v) is 5.80. The molecule has 0 saturated carbocycles. The average Bonchev–Trinajstić information content (AvgIpc) is 2.82. The predicted molar refractivity (Wildman–Crippen MR) is 125 cm³/mol. The molecule has 0 radical (unpaired) electrons. The zero-order valence-corrected chi connectivity index (χ0v) is 16.2. The van der Waals surface area contributed by atoms with Gasteiger partial charge in [-0.15, -0.1) is 0 Å². The molecule has 30 heavy (non-hydrogen) atoms. The van der Waals surface area contributed by atoms with E-state index in [1.807, 2.05) is 60.7 Å². The number of hydrogen-bond donors (Lipinski definition) is 1. The average molecular weight is 386 g/mol. The minimum atomic E-state index is 0.168. The van der Waals surface area contributed by atoms with Crippen molar-refractivity contribution in [2.24, 2.45) is 0 Å². The lowest BCUT2D eigenvalue weighted by Crippen LogP contribution is -1.91. The van der Waals surface area contributed by atoms with Gasteiger partial charge in [-0.1, -0.05) is 97.1 Å². The maximum absolute atomic E-state index is 11.2. The van der Waals surface area contributed by atoms with Crippen molar-refractivity contribution in [2.45, 2.75) is 0 Å². The van der Waals surface area contributed by atoms with Gasteiger partial charge in [-0.2, -0.15) is 0 Å². The van der Waals surface area contributed by atoms with Gasteiger partial charge in [-0.25, -0.2) is 0 Å². The molecule has 0 aromatic heterocycles. The van der Waals surface area contributed by atoms with Crippen LogP contribution in [0, 0.1) is 0 Å². The topological polar surface area (TPSA) is 29.5 Å². The van der Waals surface area contributed by atoms with Crippen molar-refractivity contribution in [3.63, 3.8) is 0 Å². The molecule has 6 rings (SSSR count). The smallest absolute Gasteiger partial charge is 0.177 e. The first-order chi connectivity index (χ1) is 14.8. The van der Waals surface area contributed by atoms with Crippen molar-refractivity contribution in [3.05, 3.63) is 103 Å². The van der Waals surface area contributed by atoms with Crippen molar-refractivity contribution in [1.82, 2.24) is 0 Å². The van der Waals surface area contributed by atoms with Crippen LogP contribution in [-0.2, 0) is 0 Å². The van der Waals surface area contributed by atoms with E-state index in [0.717, 1.165) is 43.5 Å². The highest BCUT2D eigenvalue weighted by Gasteiger charge is 2.17. The lowest BCUT2D eigenvalue weighted by atomic mass is 9.99. The third-order valence-electron chi connectivity index (χ3n) is 5.80. The number of rotatable bonds is 2. The zero-order chi connectivity index (χ0) is 20.1. The quantitative estimate of drug-likeness (QED) is 0.308. The number of benzene rings is 6. The molecule has 0 atom stereocenters. The van der Waals surface area contributed by atoms with E-state index in [4.69, 9.17) is 4.74 Å². The van der Waals surface area contributed by atoms with Crippen molar-refractivity contribution in [1.29, 1.82) is 0 Å². The van der Waals surface area contributed by atoms with Crippen LogP contribution in [0.25, 0.3) is 43.1 Å². The highest BCUT2D eigenvalue weighted by molar-refractivity contribution is 6.14. The lowest BCUT2D eigenvalue weighted by Gasteiger charge is -2.16. The van der Waals surface area contributed by atoms with Crippen molar-refractivity contribution < 1.29 is 9.84 Å². The predicted octanol–water partition coefficient (Wildman–Crippen LogP) is 7.80. The summed E-state index contributed by atoms with van der Waals surface area (Å²) in [4.78, 5) is 0. The molecule has 0 aliphatic carbocycles. The molecule has 2 nitrogen and oxygen atoms in total. The Morgan fingerprint density at radius 2 is 0.933 bits per heavy atom. The van der Waals surface area contributed by atoms with Gasteiger partial charge in [-0.05, 0) is 33.0 Å². The molecule has 142 valence electrons. The fourth-order valence-corrected chi connectivity index (χ4v) is 4.41. The molecule has 0 saturated heterocycles. The van der Waals surface area contributed by atoms with Crippen molar-refractivity contribution in [2.75, 3.05) is 0 Å². The number of phenols is 1. The zero-order valence-electron chi connectivity index (χ0n) is 16.2. The van der Waals surface area contributed by atoms with Crippen LogP contribution in [-0.4, -0.2) is 5.11 Å². The van der Waals surface area contributed by atoms with Gasteiger partial charge < -0.3 is 9.84 Å². The molecule has 0 bridgehead atoms. The lowest BCUT2D eigenvalue weighted by molar-refractivity contribution is 0.422. The molecule has 0 aliphatic rings. The Kier molecular flexibility index (Phi) is 3.65. The van der Waals surface area contributed by atoms with Crippen LogP contribution >= 0.6 is 0 Å². The van der Waals surface area contributed by atoms with Crippen LogP contribution in [0.15, 0.2) is 103 Å². The Balaban J connectivity index is 1.68. The van der Waals surface area contributed by atoms with E-state index in [1.54, 1.807) is 0 Å². The number of fused-ring (bicyclic) bond motifs is 6. The molecule has 0 heterocycles. The summed E-state index contributed by atoms with van der Waals surface area (Å²) in [6.07, 6.45) is 0. The first-order valence-corrected chi connectivity index (χ1v) is 10.0. The normalized spacial score (nSPS) is 11.5. The molecular weight excluding hydrogens is 368 g/mol. The molecule has 6 aromatic rings. The summed E-state index contributed by atoms with van der Waals surface area (Å²) in [6, 6.07) is 34.6. The Labute approximate surface area is 173 Å². The van der Waals surface area contributed by atoms with Gasteiger partial charge in [-0.3, -0.25) is 0 Å². The highest BCUT2D eigenvalue weighted by Crippen LogP contribution is 2.46. The van der Waals surface area contributed by atoms with E-state index in [0.29, 0.717) is 5.75 Å². The summed E-state index contributed by atoms with van der Waals surface area (Å²) in [5, 5.41) is 19.4. The summed E-state index contributed by atoms with van der Waals surface area (Å²) < 4.78 is 6.50. The molecule has 0 aliphatic heterocycles.